The lowest BCUT2D eigenvalue weighted by Gasteiger charge is -2.22. The maximum absolute atomic E-state index is 12.4. The minimum Gasteiger partial charge on any atom is -0.394 e. The third-order valence-electron chi connectivity index (χ3n) is 4.33. The van der Waals surface area contributed by atoms with Crippen LogP contribution in [0.15, 0.2) is 0 Å². The SMILES string of the molecule is CCCCCCCCCCCC(=O)N(CCOCCO)CCOCCO. The van der Waals surface area contributed by atoms with Gasteiger partial charge in [-0.3, -0.25) is 4.79 Å². The molecule has 0 aliphatic carbocycles. The van der Waals surface area contributed by atoms with Crippen molar-refractivity contribution in [2.45, 2.75) is 71.1 Å². The number of unbranched alkanes of at least 4 members (excludes halogenated alkanes) is 8. The zero-order chi connectivity index (χ0) is 19.3. The van der Waals surface area contributed by atoms with Crippen LogP contribution in [0.25, 0.3) is 0 Å². The van der Waals surface area contributed by atoms with Gasteiger partial charge in [-0.25, -0.2) is 0 Å². The largest absolute Gasteiger partial charge is 0.394 e. The van der Waals surface area contributed by atoms with E-state index < -0.39 is 0 Å². The summed E-state index contributed by atoms with van der Waals surface area (Å²) >= 11 is 0. The van der Waals surface area contributed by atoms with E-state index in [0.29, 0.717) is 45.9 Å². The highest BCUT2D eigenvalue weighted by atomic mass is 16.5. The fourth-order valence-corrected chi connectivity index (χ4v) is 2.79. The van der Waals surface area contributed by atoms with Crippen molar-refractivity contribution in [1.82, 2.24) is 4.90 Å². The first-order valence-corrected chi connectivity index (χ1v) is 10.4. The Morgan fingerprint density at radius 2 is 1.19 bits per heavy atom. The number of nitrogens with zero attached hydrogens (tertiary/aromatic N) is 1. The van der Waals surface area contributed by atoms with Gasteiger partial charge in [0.1, 0.15) is 0 Å². The van der Waals surface area contributed by atoms with Crippen LogP contribution in [0.4, 0.5) is 0 Å². The Hall–Kier alpha value is -0.690. The van der Waals surface area contributed by atoms with E-state index in [1.165, 1.54) is 44.9 Å². The van der Waals surface area contributed by atoms with E-state index in [-0.39, 0.29) is 19.1 Å². The van der Waals surface area contributed by atoms with Crippen LogP contribution < -0.4 is 0 Å². The van der Waals surface area contributed by atoms with Gasteiger partial charge in [-0.2, -0.15) is 0 Å². The van der Waals surface area contributed by atoms with Crippen molar-refractivity contribution >= 4 is 5.91 Å². The van der Waals surface area contributed by atoms with Gasteiger partial charge in [0.15, 0.2) is 0 Å². The minimum absolute atomic E-state index is 0.00793. The van der Waals surface area contributed by atoms with Gasteiger partial charge in [0.25, 0.3) is 0 Å². The predicted molar refractivity (Wildman–Crippen MR) is 104 cm³/mol. The van der Waals surface area contributed by atoms with E-state index in [1.807, 2.05) is 0 Å². The van der Waals surface area contributed by atoms with Gasteiger partial charge in [0.2, 0.25) is 5.91 Å². The Morgan fingerprint density at radius 1 is 0.731 bits per heavy atom. The fraction of sp³-hybridized carbons (Fsp3) is 0.950. The fourth-order valence-electron chi connectivity index (χ4n) is 2.79. The molecule has 0 unspecified atom stereocenters. The van der Waals surface area contributed by atoms with Gasteiger partial charge in [-0.15, -0.1) is 0 Å². The first kappa shape index (κ1) is 25.3. The summed E-state index contributed by atoms with van der Waals surface area (Å²) in [5, 5.41) is 17.5. The monoisotopic (exact) mass is 375 g/mol. The lowest BCUT2D eigenvalue weighted by atomic mass is 10.1. The number of rotatable bonds is 20. The first-order chi connectivity index (χ1) is 12.8. The molecule has 0 radical (unpaired) electrons. The number of ether oxygens (including phenoxy) is 2. The number of hydrogen-bond acceptors (Lipinski definition) is 5. The molecule has 0 bridgehead atoms. The predicted octanol–water partition coefficient (Wildman–Crippen LogP) is 2.75. The highest BCUT2D eigenvalue weighted by molar-refractivity contribution is 5.76. The third-order valence-corrected chi connectivity index (χ3v) is 4.33. The van der Waals surface area contributed by atoms with Gasteiger partial charge in [-0.05, 0) is 6.42 Å². The van der Waals surface area contributed by atoms with Crippen molar-refractivity contribution in [2.75, 3.05) is 52.7 Å². The molecule has 0 aromatic carbocycles. The Labute approximate surface area is 159 Å². The molecule has 26 heavy (non-hydrogen) atoms. The van der Waals surface area contributed by atoms with Crippen LogP contribution in [0.2, 0.25) is 0 Å². The number of aliphatic hydroxyl groups is 2. The molecule has 2 N–H and O–H groups in total. The number of amides is 1. The molecule has 0 fully saturated rings. The van der Waals surface area contributed by atoms with E-state index in [2.05, 4.69) is 6.92 Å². The maximum atomic E-state index is 12.4. The molecule has 0 aromatic rings. The van der Waals surface area contributed by atoms with Gasteiger partial charge < -0.3 is 24.6 Å². The molecule has 1 amide bonds. The number of carbonyl (C=O) groups is 1. The van der Waals surface area contributed by atoms with Crippen LogP contribution >= 0.6 is 0 Å². The van der Waals surface area contributed by atoms with Crippen molar-refractivity contribution in [3.63, 3.8) is 0 Å². The molecule has 6 nitrogen and oxygen atoms in total. The third kappa shape index (κ3) is 16.8. The summed E-state index contributed by atoms with van der Waals surface area (Å²) in [5.41, 5.74) is 0. The van der Waals surface area contributed by atoms with E-state index in [4.69, 9.17) is 19.7 Å². The molecule has 0 spiro atoms. The Balaban J connectivity index is 3.84. The zero-order valence-electron chi connectivity index (χ0n) is 16.8. The number of aliphatic hydroxyl groups excluding tert-OH is 2. The van der Waals surface area contributed by atoms with E-state index in [1.54, 1.807) is 4.90 Å². The van der Waals surface area contributed by atoms with Gasteiger partial charge in [-0.1, -0.05) is 58.3 Å². The second kappa shape index (κ2) is 20.6. The number of carbonyl (C=O) groups excluding carboxylic acids is 1. The highest BCUT2D eigenvalue weighted by Crippen LogP contribution is 2.11. The average molecular weight is 376 g/mol. The molecule has 0 aromatic heterocycles. The molecular formula is C20H41NO5. The summed E-state index contributed by atoms with van der Waals surface area (Å²) < 4.78 is 10.5. The lowest BCUT2D eigenvalue weighted by Crippen LogP contribution is -2.36. The van der Waals surface area contributed by atoms with Crippen molar-refractivity contribution in [2.24, 2.45) is 0 Å². The van der Waals surface area contributed by atoms with Crippen molar-refractivity contribution in [3.05, 3.63) is 0 Å². The summed E-state index contributed by atoms with van der Waals surface area (Å²) in [6.07, 6.45) is 11.7. The standard InChI is InChI=1S/C20H41NO5/c1-2-3-4-5-6-7-8-9-10-11-20(24)21(12-16-25-18-14-22)13-17-26-19-15-23/h22-23H,2-19H2,1H3. The smallest absolute Gasteiger partial charge is 0.222 e. The van der Waals surface area contributed by atoms with Crippen LogP contribution in [0, 0.1) is 0 Å². The molecular weight excluding hydrogens is 334 g/mol. The summed E-state index contributed by atoms with van der Waals surface area (Å²) in [4.78, 5) is 14.2. The van der Waals surface area contributed by atoms with E-state index in [9.17, 15) is 4.79 Å². The van der Waals surface area contributed by atoms with Gasteiger partial charge >= 0.3 is 0 Å². The maximum Gasteiger partial charge on any atom is 0.222 e. The first-order valence-electron chi connectivity index (χ1n) is 10.4. The molecule has 6 heteroatoms. The molecule has 156 valence electrons. The summed E-state index contributed by atoms with van der Waals surface area (Å²) in [6, 6.07) is 0. The molecule has 0 aliphatic rings. The summed E-state index contributed by atoms with van der Waals surface area (Å²) in [7, 11) is 0. The quantitative estimate of drug-likeness (QED) is 0.320. The van der Waals surface area contributed by atoms with E-state index in [0.717, 1.165) is 12.8 Å². The van der Waals surface area contributed by atoms with Gasteiger partial charge in [0.05, 0.1) is 39.6 Å². The van der Waals surface area contributed by atoms with Crippen molar-refractivity contribution in [1.29, 1.82) is 0 Å². The second-order valence-electron chi connectivity index (χ2n) is 6.63. The molecule has 0 heterocycles. The molecule has 0 rings (SSSR count). The molecule has 0 saturated heterocycles. The minimum atomic E-state index is -0.00793. The molecule has 0 saturated carbocycles. The van der Waals surface area contributed by atoms with Crippen molar-refractivity contribution < 1.29 is 24.5 Å². The summed E-state index contributed by atoms with van der Waals surface area (Å²) in [6.45, 7) is 4.67. The lowest BCUT2D eigenvalue weighted by molar-refractivity contribution is -0.133. The van der Waals surface area contributed by atoms with Crippen LogP contribution in [0.3, 0.4) is 0 Å². The van der Waals surface area contributed by atoms with Crippen LogP contribution in [0.1, 0.15) is 71.1 Å². The second-order valence-corrected chi connectivity index (χ2v) is 6.63. The average Bonchev–Trinajstić information content (AvgIpc) is 2.65. The molecule has 0 aliphatic heterocycles. The van der Waals surface area contributed by atoms with Crippen LogP contribution in [-0.2, 0) is 14.3 Å². The summed E-state index contributed by atoms with van der Waals surface area (Å²) in [5.74, 6) is 0.133. The normalized spacial score (nSPS) is 11.0. The Bertz CT molecular complexity index is 290. The molecule has 0 atom stereocenters. The van der Waals surface area contributed by atoms with Gasteiger partial charge in [0, 0.05) is 19.5 Å². The highest BCUT2D eigenvalue weighted by Gasteiger charge is 2.12. The van der Waals surface area contributed by atoms with Crippen molar-refractivity contribution in [3.8, 4) is 0 Å². The topological polar surface area (TPSA) is 79.2 Å². The van der Waals surface area contributed by atoms with Crippen LogP contribution in [-0.4, -0.2) is 73.8 Å². The zero-order valence-corrected chi connectivity index (χ0v) is 16.8. The van der Waals surface area contributed by atoms with E-state index >= 15 is 0 Å². The Morgan fingerprint density at radius 3 is 1.65 bits per heavy atom. The number of hydrogen-bond donors (Lipinski definition) is 2. The van der Waals surface area contributed by atoms with Crippen LogP contribution in [0.5, 0.6) is 0 Å². The Kier molecular flexibility index (Phi) is 20.1.